The van der Waals surface area contributed by atoms with E-state index in [1.54, 1.807) is 13.0 Å². The van der Waals surface area contributed by atoms with Gasteiger partial charge in [0.2, 0.25) is 5.91 Å². The maximum Gasteiger partial charge on any atom is 0.247 e. The maximum absolute atomic E-state index is 12.6. The quantitative estimate of drug-likeness (QED) is 0.860. The van der Waals surface area contributed by atoms with Crippen molar-refractivity contribution in [2.75, 3.05) is 11.9 Å². The van der Waals surface area contributed by atoms with Gasteiger partial charge in [-0.05, 0) is 30.7 Å². The number of aryl methyl sites for hydroxylation is 1. The van der Waals surface area contributed by atoms with Crippen molar-refractivity contribution in [2.24, 2.45) is 5.41 Å². The molecular weight excluding hydrogens is 278 g/mol. The zero-order valence-corrected chi connectivity index (χ0v) is 12.9. The average Bonchev–Trinajstić information content (AvgIpc) is 3.10. The van der Waals surface area contributed by atoms with Crippen LogP contribution in [-0.2, 0) is 4.79 Å². The minimum atomic E-state index is -0.393. The highest BCUT2D eigenvalue weighted by molar-refractivity contribution is 5.94. The van der Waals surface area contributed by atoms with E-state index in [1.165, 1.54) is 12.8 Å². The molecule has 0 spiro atoms. The lowest BCUT2D eigenvalue weighted by Crippen LogP contribution is -2.36. The second-order valence-electron chi connectivity index (χ2n) is 6.35. The van der Waals surface area contributed by atoms with E-state index in [1.807, 2.05) is 30.3 Å². The van der Waals surface area contributed by atoms with Crippen molar-refractivity contribution < 1.29 is 9.32 Å². The molecule has 1 aliphatic carbocycles. The van der Waals surface area contributed by atoms with Gasteiger partial charge in [0, 0.05) is 12.6 Å². The molecule has 5 heteroatoms. The molecule has 22 heavy (non-hydrogen) atoms. The van der Waals surface area contributed by atoms with Crippen LogP contribution in [0.15, 0.2) is 40.9 Å². The SMILES string of the molecule is Cc1cc(NC(=O)C(NCC2(C)CC2)c2ccccc2)no1. The van der Waals surface area contributed by atoms with Crippen molar-refractivity contribution >= 4 is 11.7 Å². The van der Waals surface area contributed by atoms with Crippen LogP contribution in [-0.4, -0.2) is 17.6 Å². The summed E-state index contributed by atoms with van der Waals surface area (Å²) in [6.45, 7) is 4.86. The number of nitrogens with one attached hydrogen (secondary N) is 2. The van der Waals surface area contributed by atoms with E-state index >= 15 is 0 Å². The van der Waals surface area contributed by atoms with Crippen LogP contribution < -0.4 is 10.6 Å². The Hall–Kier alpha value is -2.14. The van der Waals surface area contributed by atoms with Gasteiger partial charge in [-0.1, -0.05) is 42.4 Å². The molecule has 1 atom stereocenters. The topological polar surface area (TPSA) is 67.2 Å². The number of anilines is 1. The van der Waals surface area contributed by atoms with E-state index < -0.39 is 6.04 Å². The molecule has 2 N–H and O–H groups in total. The number of aromatic nitrogens is 1. The minimum Gasteiger partial charge on any atom is -0.360 e. The molecule has 1 saturated carbocycles. The molecule has 0 radical (unpaired) electrons. The van der Waals surface area contributed by atoms with Crippen LogP contribution in [0.3, 0.4) is 0 Å². The Kier molecular flexibility index (Phi) is 3.98. The molecule has 1 aromatic carbocycles. The van der Waals surface area contributed by atoms with Crippen molar-refractivity contribution in [3.8, 4) is 0 Å². The number of amides is 1. The fourth-order valence-electron chi connectivity index (χ4n) is 2.37. The summed E-state index contributed by atoms with van der Waals surface area (Å²) in [5.74, 6) is 0.997. The van der Waals surface area contributed by atoms with Gasteiger partial charge in [0.05, 0.1) is 0 Å². The van der Waals surface area contributed by atoms with Crippen LogP contribution in [0.2, 0.25) is 0 Å². The lowest BCUT2D eigenvalue weighted by molar-refractivity contribution is -0.118. The number of hydrogen-bond acceptors (Lipinski definition) is 4. The highest BCUT2D eigenvalue weighted by atomic mass is 16.5. The van der Waals surface area contributed by atoms with E-state index in [9.17, 15) is 4.79 Å². The highest BCUT2D eigenvalue weighted by Crippen LogP contribution is 2.44. The zero-order chi connectivity index (χ0) is 15.6. The molecule has 1 amide bonds. The lowest BCUT2D eigenvalue weighted by atomic mass is 10.0. The van der Waals surface area contributed by atoms with Gasteiger partial charge in [-0.3, -0.25) is 4.79 Å². The van der Waals surface area contributed by atoms with Gasteiger partial charge in [0.1, 0.15) is 11.8 Å². The van der Waals surface area contributed by atoms with E-state index in [0.29, 0.717) is 17.0 Å². The first kappa shape index (κ1) is 14.8. The third kappa shape index (κ3) is 3.54. The summed E-state index contributed by atoms with van der Waals surface area (Å²) in [6.07, 6.45) is 2.43. The Bertz CT molecular complexity index is 647. The molecule has 1 unspecified atom stereocenters. The number of carbonyl (C=O) groups is 1. The second-order valence-corrected chi connectivity index (χ2v) is 6.35. The summed E-state index contributed by atoms with van der Waals surface area (Å²) in [7, 11) is 0. The molecule has 0 aliphatic heterocycles. The minimum absolute atomic E-state index is 0.122. The van der Waals surface area contributed by atoms with E-state index in [2.05, 4.69) is 22.7 Å². The largest absolute Gasteiger partial charge is 0.360 e. The summed E-state index contributed by atoms with van der Waals surface area (Å²) in [4.78, 5) is 12.6. The lowest BCUT2D eigenvalue weighted by Gasteiger charge is -2.20. The van der Waals surface area contributed by atoms with E-state index in [0.717, 1.165) is 12.1 Å². The van der Waals surface area contributed by atoms with E-state index in [-0.39, 0.29) is 5.91 Å². The van der Waals surface area contributed by atoms with Crippen LogP contribution in [0.1, 0.15) is 37.1 Å². The smallest absolute Gasteiger partial charge is 0.247 e. The van der Waals surface area contributed by atoms with Crippen molar-refractivity contribution in [3.63, 3.8) is 0 Å². The summed E-state index contributed by atoms with van der Waals surface area (Å²) >= 11 is 0. The number of carbonyl (C=O) groups excluding carboxylic acids is 1. The second kappa shape index (κ2) is 5.93. The fourth-order valence-corrected chi connectivity index (χ4v) is 2.37. The standard InChI is InChI=1S/C17H21N3O2/c1-12-10-14(20-22-12)19-16(21)15(13-6-4-3-5-7-13)18-11-17(2)8-9-17/h3-7,10,15,18H,8-9,11H2,1-2H3,(H,19,20,21). The zero-order valence-electron chi connectivity index (χ0n) is 12.9. The Morgan fingerprint density at radius 2 is 2.09 bits per heavy atom. The van der Waals surface area contributed by atoms with Gasteiger partial charge in [0.25, 0.3) is 0 Å². The van der Waals surface area contributed by atoms with Crippen molar-refractivity contribution in [2.45, 2.75) is 32.7 Å². The Morgan fingerprint density at radius 3 is 2.68 bits per heavy atom. The molecule has 1 heterocycles. The van der Waals surface area contributed by atoms with Crippen LogP contribution in [0, 0.1) is 12.3 Å². The highest BCUT2D eigenvalue weighted by Gasteiger charge is 2.38. The van der Waals surface area contributed by atoms with Gasteiger partial charge in [-0.15, -0.1) is 0 Å². The molecule has 0 saturated heterocycles. The number of benzene rings is 1. The maximum atomic E-state index is 12.6. The summed E-state index contributed by atoms with van der Waals surface area (Å²) < 4.78 is 4.99. The molecule has 1 aliphatic rings. The average molecular weight is 299 g/mol. The Morgan fingerprint density at radius 1 is 1.36 bits per heavy atom. The molecular formula is C17H21N3O2. The van der Waals surface area contributed by atoms with Crippen LogP contribution in [0.5, 0.6) is 0 Å². The third-order valence-corrected chi connectivity index (χ3v) is 4.11. The predicted molar refractivity (Wildman–Crippen MR) is 84.4 cm³/mol. The first-order chi connectivity index (χ1) is 10.6. The Balaban J connectivity index is 1.73. The normalized spacial score (nSPS) is 17.0. The van der Waals surface area contributed by atoms with Gasteiger partial charge in [-0.2, -0.15) is 0 Å². The van der Waals surface area contributed by atoms with Gasteiger partial charge in [-0.25, -0.2) is 0 Å². The Labute approximate surface area is 130 Å². The molecule has 116 valence electrons. The number of hydrogen-bond donors (Lipinski definition) is 2. The fraction of sp³-hybridized carbons (Fsp3) is 0.412. The molecule has 1 fully saturated rings. The summed E-state index contributed by atoms with van der Waals surface area (Å²) in [5.41, 5.74) is 1.28. The van der Waals surface area contributed by atoms with Crippen molar-refractivity contribution in [1.29, 1.82) is 0 Å². The van der Waals surface area contributed by atoms with Gasteiger partial charge in [0.15, 0.2) is 5.82 Å². The van der Waals surface area contributed by atoms with E-state index in [4.69, 9.17) is 4.52 Å². The van der Waals surface area contributed by atoms with Crippen LogP contribution in [0.25, 0.3) is 0 Å². The molecule has 5 nitrogen and oxygen atoms in total. The van der Waals surface area contributed by atoms with Gasteiger partial charge >= 0.3 is 0 Å². The first-order valence-corrected chi connectivity index (χ1v) is 7.58. The predicted octanol–water partition coefficient (Wildman–Crippen LogP) is 3.05. The summed E-state index contributed by atoms with van der Waals surface area (Å²) in [5, 5.41) is 10.0. The molecule has 2 aromatic rings. The molecule has 0 bridgehead atoms. The van der Waals surface area contributed by atoms with Crippen LogP contribution in [0.4, 0.5) is 5.82 Å². The first-order valence-electron chi connectivity index (χ1n) is 7.58. The molecule has 3 rings (SSSR count). The van der Waals surface area contributed by atoms with Gasteiger partial charge < -0.3 is 15.2 Å². The van der Waals surface area contributed by atoms with Crippen molar-refractivity contribution in [1.82, 2.24) is 10.5 Å². The number of nitrogens with zero attached hydrogens (tertiary/aromatic N) is 1. The summed E-state index contributed by atoms with van der Waals surface area (Å²) in [6, 6.07) is 11.1. The number of rotatable bonds is 6. The monoisotopic (exact) mass is 299 g/mol. The van der Waals surface area contributed by atoms with Crippen LogP contribution >= 0.6 is 0 Å². The third-order valence-electron chi connectivity index (χ3n) is 4.11. The van der Waals surface area contributed by atoms with Crippen molar-refractivity contribution in [3.05, 3.63) is 47.7 Å². The molecule has 1 aromatic heterocycles.